The minimum absolute atomic E-state index is 0.278. The lowest BCUT2D eigenvalue weighted by atomic mass is 10.2. The van der Waals surface area contributed by atoms with Gasteiger partial charge in [-0.3, -0.25) is 0 Å². The van der Waals surface area contributed by atoms with E-state index in [1.807, 2.05) is 0 Å². The van der Waals surface area contributed by atoms with Crippen LogP contribution in [0.4, 0.5) is 0 Å². The molecule has 0 saturated carbocycles. The Morgan fingerprint density at radius 3 is 2.70 bits per heavy atom. The molecule has 2 heterocycles. The highest BCUT2D eigenvalue weighted by Crippen LogP contribution is 2.18. The van der Waals surface area contributed by atoms with Crippen molar-refractivity contribution in [3.8, 4) is 11.6 Å². The number of aromatic nitrogens is 3. The van der Waals surface area contributed by atoms with Crippen LogP contribution in [0.5, 0.6) is 0 Å². The summed E-state index contributed by atoms with van der Waals surface area (Å²) in [7, 11) is 0. The smallest absolute Gasteiger partial charge is 0.276 e. The average molecular weight is 296 g/mol. The first-order valence-electron chi connectivity index (χ1n) is 6.57. The van der Waals surface area contributed by atoms with Crippen molar-refractivity contribution in [2.45, 2.75) is 19.9 Å². The summed E-state index contributed by atoms with van der Waals surface area (Å²) >= 11 is 5.79. The number of pyridine rings is 1. The van der Waals surface area contributed by atoms with Crippen molar-refractivity contribution in [2.24, 2.45) is 5.73 Å². The number of halogens is 1. The van der Waals surface area contributed by atoms with Crippen molar-refractivity contribution in [1.82, 2.24) is 20.0 Å². The maximum atomic E-state index is 6.09. The normalized spacial score (nSPS) is 12.8. The van der Waals surface area contributed by atoms with Crippen LogP contribution in [-0.2, 0) is 0 Å². The number of nitrogens with two attached hydrogens (primary N) is 1. The molecule has 1 atom stereocenters. The first-order chi connectivity index (χ1) is 9.63. The highest BCUT2D eigenvalue weighted by molar-refractivity contribution is 6.30. The van der Waals surface area contributed by atoms with Gasteiger partial charge >= 0.3 is 0 Å². The average Bonchev–Trinajstić information content (AvgIpc) is 2.95. The molecule has 0 aromatic carbocycles. The lowest BCUT2D eigenvalue weighted by molar-refractivity contribution is 0.278. The zero-order chi connectivity index (χ0) is 14.5. The first-order valence-corrected chi connectivity index (χ1v) is 6.95. The zero-order valence-electron chi connectivity index (χ0n) is 11.6. The third kappa shape index (κ3) is 3.53. The SMILES string of the molecule is CCN(CC)CC(N)c1noc(-c2ccc(Cl)cn2)n1. The van der Waals surface area contributed by atoms with Crippen molar-refractivity contribution in [2.75, 3.05) is 19.6 Å². The van der Waals surface area contributed by atoms with Crippen molar-refractivity contribution in [1.29, 1.82) is 0 Å². The van der Waals surface area contributed by atoms with Crippen molar-refractivity contribution < 1.29 is 4.52 Å². The number of nitrogens with zero attached hydrogens (tertiary/aromatic N) is 4. The van der Waals surface area contributed by atoms with Gasteiger partial charge in [-0.1, -0.05) is 30.6 Å². The van der Waals surface area contributed by atoms with Crippen LogP contribution < -0.4 is 5.73 Å². The second kappa shape index (κ2) is 6.78. The van der Waals surface area contributed by atoms with Crippen LogP contribution in [-0.4, -0.2) is 39.7 Å². The van der Waals surface area contributed by atoms with Gasteiger partial charge in [-0.25, -0.2) is 4.98 Å². The lowest BCUT2D eigenvalue weighted by Gasteiger charge is -2.20. The van der Waals surface area contributed by atoms with E-state index in [-0.39, 0.29) is 6.04 Å². The minimum Gasteiger partial charge on any atom is -0.332 e. The van der Waals surface area contributed by atoms with Crippen molar-refractivity contribution in [3.63, 3.8) is 0 Å². The fourth-order valence-electron chi connectivity index (χ4n) is 1.83. The molecule has 0 fully saturated rings. The summed E-state index contributed by atoms with van der Waals surface area (Å²) in [5, 5.41) is 4.49. The maximum Gasteiger partial charge on any atom is 0.276 e. The van der Waals surface area contributed by atoms with Crippen LogP contribution in [0, 0.1) is 0 Å². The van der Waals surface area contributed by atoms with Gasteiger partial charge in [0.1, 0.15) is 5.69 Å². The number of rotatable bonds is 6. The quantitative estimate of drug-likeness (QED) is 0.879. The molecule has 7 heteroatoms. The molecule has 1 unspecified atom stereocenters. The van der Waals surface area contributed by atoms with E-state index in [1.165, 1.54) is 6.20 Å². The fourth-order valence-corrected chi connectivity index (χ4v) is 1.95. The van der Waals surface area contributed by atoms with Crippen molar-refractivity contribution >= 4 is 11.6 Å². The Bertz CT molecular complexity index is 538. The van der Waals surface area contributed by atoms with Crippen LogP contribution >= 0.6 is 11.6 Å². The fraction of sp³-hybridized carbons (Fsp3) is 0.462. The topological polar surface area (TPSA) is 81.1 Å². The Balaban J connectivity index is 2.10. The molecular formula is C13H18ClN5O. The van der Waals surface area contributed by atoms with Gasteiger partial charge in [-0.2, -0.15) is 4.98 Å². The summed E-state index contributed by atoms with van der Waals surface area (Å²) < 4.78 is 5.20. The number of likely N-dealkylation sites (N-methyl/N-ethyl adjacent to an activating group) is 1. The van der Waals surface area contributed by atoms with Crippen LogP contribution in [0.15, 0.2) is 22.9 Å². The standard InChI is InChI=1S/C13H18ClN5O/c1-3-19(4-2)8-10(15)12-17-13(20-18-12)11-6-5-9(14)7-16-11/h5-7,10H,3-4,8,15H2,1-2H3. The summed E-state index contributed by atoms with van der Waals surface area (Å²) in [6.45, 7) is 6.76. The van der Waals surface area contributed by atoms with Gasteiger partial charge in [0.2, 0.25) is 0 Å². The molecule has 20 heavy (non-hydrogen) atoms. The van der Waals surface area contributed by atoms with E-state index in [4.69, 9.17) is 21.9 Å². The van der Waals surface area contributed by atoms with Gasteiger partial charge in [0, 0.05) is 12.7 Å². The molecule has 0 saturated heterocycles. The molecule has 6 nitrogen and oxygen atoms in total. The van der Waals surface area contributed by atoms with E-state index < -0.39 is 0 Å². The molecule has 0 aliphatic rings. The Hall–Kier alpha value is -1.50. The van der Waals surface area contributed by atoms with Gasteiger partial charge in [0.05, 0.1) is 11.1 Å². The largest absolute Gasteiger partial charge is 0.332 e. The predicted molar refractivity (Wildman–Crippen MR) is 77.3 cm³/mol. The molecule has 108 valence electrons. The summed E-state index contributed by atoms with van der Waals surface area (Å²) in [6, 6.07) is 3.18. The van der Waals surface area contributed by atoms with E-state index >= 15 is 0 Å². The van der Waals surface area contributed by atoms with Crippen LogP contribution in [0.3, 0.4) is 0 Å². The molecule has 2 aromatic heterocycles. The highest BCUT2D eigenvalue weighted by Gasteiger charge is 2.17. The van der Waals surface area contributed by atoms with E-state index in [0.29, 0.717) is 29.0 Å². The lowest BCUT2D eigenvalue weighted by Crippen LogP contribution is -2.32. The molecule has 2 N–H and O–H groups in total. The van der Waals surface area contributed by atoms with Crippen LogP contribution in [0.1, 0.15) is 25.7 Å². The van der Waals surface area contributed by atoms with Crippen molar-refractivity contribution in [3.05, 3.63) is 29.2 Å². The Morgan fingerprint density at radius 1 is 1.35 bits per heavy atom. The van der Waals surface area contributed by atoms with E-state index in [2.05, 4.69) is 33.9 Å². The number of hydrogen-bond donors (Lipinski definition) is 1. The van der Waals surface area contributed by atoms with Gasteiger partial charge < -0.3 is 15.2 Å². The van der Waals surface area contributed by atoms with E-state index in [0.717, 1.165) is 13.1 Å². The molecule has 0 amide bonds. The summed E-state index contributed by atoms with van der Waals surface area (Å²) in [5.74, 6) is 0.843. The molecule has 0 aliphatic carbocycles. The monoisotopic (exact) mass is 295 g/mol. The highest BCUT2D eigenvalue weighted by atomic mass is 35.5. The minimum atomic E-state index is -0.278. The third-order valence-electron chi connectivity index (χ3n) is 3.07. The second-order valence-electron chi connectivity index (χ2n) is 4.41. The zero-order valence-corrected chi connectivity index (χ0v) is 12.3. The summed E-state index contributed by atoms with van der Waals surface area (Å²) in [5.41, 5.74) is 6.68. The molecule has 0 aliphatic heterocycles. The molecule has 2 rings (SSSR count). The number of hydrogen-bond acceptors (Lipinski definition) is 6. The molecule has 0 radical (unpaired) electrons. The van der Waals surface area contributed by atoms with Gasteiger partial charge in [-0.15, -0.1) is 0 Å². The Labute approximate surface area is 122 Å². The summed E-state index contributed by atoms with van der Waals surface area (Å²) in [6.07, 6.45) is 1.54. The van der Waals surface area contributed by atoms with Gasteiger partial charge in [0.25, 0.3) is 5.89 Å². The maximum absolute atomic E-state index is 6.09. The molecule has 0 spiro atoms. The Kier molecular flexibility index (Phi) is 5.05. The van der Waals surface area contributed by atoms with Gasteiger partial charge in [-0.05, 0) is 25.2 Å². The molecular weight excluding hydrogens is 278 g/mol. The van der Waals surface area contributed by atoms with E-state index in [1.54, 1.807) is 12.1 Å². The Morgan fingerprint density at radius 2 is 2.10 bits per heavy atom. The van der Waals surface area contributed by atoms with Gasteiger partial charge in [0.15, 0.2) is 5.82 Å². The summed E-state index contributed by atoms with van der Waals surface area (Å²) in [4.78, 5) is 10.6. The van der Waals surface area contributed by atoms with Crippen LogP contribution in [0.25, 0.3) is 11.6 Å². The molecule has 0 bridgehead atoms. The third-order valence-corrected chi connectivity index (χ3v) is 3.29. The van der Waals surface area contributed by atoms with E-state index in [9.17, 15) is 0 Å². The predicted octanol–water partition coefficient (Wildman–Crippen LogP) is 2.13. The first kappa shape index (κ1) is 14.9. The molecule has 2 aromatic rings. The van der Waals surface area contributed by atoms with Crippen LogP contribution in [0.2, 0.25) is 5.02 Å². The second-order valence-corrected chi connectivity index (χ2v) is 4.85.